The van der Waals surface area contributed by atoms with Crippen LogP contribution in [-0.2, 0) is 0 Å². The first-order valence-electron chi connectivity index (χ1n) is 9.39. The number of nitrogens with zero attached hydrogens (tertiary/aromatic N) is 2. The fourth-order valence-electron chi connectivity index (χ4n) is 3.57. The van der Waals surface area contributed by atoms with E-state index in [-0.39, 0.29) is 0 Å². The van der Waals surface area contributed by atoms with Gasteiger partial charge >= 0.3 is 0 Å². The van der Waals surface area contributed by atoms with Crippen molar-refractivity contribution in [2.45, 2.75) is 6.92 Å². The molecule has 3 aromatic carbocycles. The first kappa shape index (κ1) is 18.1. The second-order valence-electron chi connectivity index (χ2n) is 7.22. The number of aryl methyl sites for hydroxylation is 1. The van der Waals surface area contributed by atoms with Crippen molar-refractivity contribution in [2.75, 3.05) is 26.1 Å². The smallest absolute Gasteiger partial charge is 0.136 e. The largest absolute Gasteiger partial charge is 0.496 e. The van der Waals surface area contributed by atoms with Gasteiger partial charge in [-0.15, -0.1) is 0 Å². The van der Waals surface area contributed by atoms with Gasteiger partial charge in [-0.2, -0.15) is 0 Å². The van der Waals surface area contributed by atoms with E-state index in [0.717, 1.165) is 39.2 Å². The van der Waals surface area contributed by atoms with E-state index in [9.17, 15) is 0 Å². The molecule has 0 spiro atoms. The Labute approximate surface area is 166 Å². The molecule has 0 saturated heterocycles. The van der Waals surface area contributed by atoms with Crippen LogP contribution in [0.5, 0.6) is 5.75 Å². The van der Waals surface area contributed by atoms with E-state index in [2.05, 4.69) is 78.6 Å². The van der Waals surface area contributed by atoms with Crippen LogP contribution in [-0.4, -0.2) is 26.2 Å². The number of fused-ring (bicyclic) bond motifs is 1. The summed E-state index contributed by atoms with van der Waals surface area (Å²) >= 11 is 0. The normalized spacial score (nSPS) is 10.9. The number of hydrogen-bond acceptors (Lipinski definition) is 3. The maximum absolute atomic E-state index is 5.54. The number of aromatic nitrogens is 1. The molecule has 0 amide bonds. The third-order valence-corrected chi connectivity index (χ3v) is 5.02. The number of pyridine rings is 1. The maximum atomic E-state index is 5.54. The highest BCUT2D eigenvalue weighted by Gasteiger charge is 2.12. The topological polar surface area (TPSA) is 25.4 Å². The van der Waals surface area contributed by atoms with Crippen LogP contribution in [0.4, 0.5) is 5.82 Å². The molecule has 3 nitrogen and oxygen atoms in total. The lowest BCUT2D eigenvalue weighted by molar-refractivity contribution is 0.412. The summed E-state index contributed by atoms with van der Waals surface area (Å²) in [5.74, 6) is 1.86. The molecule has 4 rings (SSSR count). The molecule has 3 heteroatoms. The van der Waals surface area contributed by atoms with Crippen LogP contribution in [0.25, 0.3) is 33.2 Å². The predicted molar refractivity (Wildman–Crippen MR) is 118 cm³/mol. The number of ether oxygens (including phenoxy) is 1. The summed E-state index contributed by atoms with van der Waals surface area (Å²) in [7, 11) is 5.78. The van der Waals surface area contributed by atoms with Gasteiger partial charge in [0, 0.05) is 25.0 Å². The summed E-state index contributed by atoms with van der Waals surface area (Å²) in [6.45, 7) is 2.06. The van der Waals surface area contributed by atoms with Gasteiger partial charge in [-0.3, -0.25) is 0 Å². The van der Waals surface area contributed by atoms with Crippen LogP contribution < -0.4 is 9.64 Å². The zero-order chi connectivity index (χ0) is 19.7. The SMILES string of the molecule is COc1cc2cc(-c3cccc(-c4ccccc4)c3)nc(N(C)C)c2cc1C. The molecule has 1 aromatic heterocycles. The molecule has 0 aliphatic heterocycles. The van der Waals surface area contributed by atoms with Crippen molar-refractivity contribution in [1.29, 1.82) is 0 Å². The molecule has 0 fully saturated rings. The monoisotopic (exact) mass is 368 g/mol. The van der Waals surface area contributed by atoms with Crippen molar-refractivity contribution in [3.63, 3.8) is 0 Å². The summed E-state index contributed by atoms with van der Waals surface area (Å²) in [6.07, 6.45) is 0. The Bertz CT molecular complexity index is 1130. The van der Waals surface area contributed by atoms with Gasteiger partial charge in [0.1, 0.15) is 11.6 Å². The third-order valence-electron chi connectivity index (χ3n) is 5.02. The van der Waals surface area contributed by atoms with Crippen LogP contribution in [0.3, 0.4) is 0 Å². The minimum Gasteiger partial charge on any atom is -0.496 e. The Morgan fingerprint density at radius 2 is 1.50 bits per heavy atom. The van der Waals surface area contributed by atoms with Crippen LogP contribution >= 0.6 is 0 Å². The van der Waals surface area contributed by atoms with Gasteiger partial charge in [-0.05, 0) is 53.3 Å². The highest BCUT2D eigenvalue weighted by Crippen LogP contribution is 2.34. The Hall–Kier alpha value is -3.33. The zero-order valence-corrected chi connectivity index (χ0v) is 16.7. The number of benzene rings is 3. The Morgan fingerprint density at radius 1 is 0.786 bits per heavy atom. The molecular weight excluding hydrogens is 344 g/mol. The van der Waals surface area contributed by atoms with Crippen molar-refractivity contribution in [3.05, 3.63) is 78.4 Å². The van der Waals surface area contributed by atoms with Gasteiger partial charge in [-0.1, -0.05) is 48.5 Å². The molecule has 0 aliphatic carbocycles. The molecule has 0 N–H and O–H groups in total. The zero-order valence-electron chi connectivity index (χ0n) is 16.7. The quantitative estimate of drug-likeness (QED) is 0.445. The number of hydrogen-bond donors (Lipinski definition) is 0. The highest BCUT2D eigenvalue weighted by molar-refractivity contribution is 5.96. The second kappa shape index (κ2) is 7.35. The lowest BCUT2D eigenvalue weighted by Crippen LogP contribution is -2.11. The molecule has 0 saturated carbocycles. The van der Waals surface area contributed by atoms with E-state index in [1.54, 1.807) is 7.11 Å². The average Bonchev–Trinajstić information content (AvgIpc) is 2.73. The van der Waals surface area contributed by atoms with Crippen LogP contribution in [0.15, 0.2) is 72.8 Å². The van der Waals surface area contributed by atoms with Crippen molar-refractivity contribution >= 4 is 16.6 Å². The van der Waals surface area contributed by atoms with Crippen LogP contribution in [0.2, 0.25) is 0 Å². The van der Waals surface area contributed by atoms with Gasteiger partial charge in [0.2, 0.25) is 0 Å². The highest BCUT2D eigenvalue weighted by atomic mass is 16.5. The molecule has 4 aromatic rings. The predicted octanol–water partition coefficient (Wildman–Crippen LogP) is 5.95. The van der Waals surface area contributed by atoms with E-state index in [1.807, 2.05) is 20.2 Å². The Kier molecular flexibility index (Phi) is 4.74. The van der Waals surface area contributed by atoms with Crippen LogP contribution in [0.1, 0.15) is 5.56 Å². The standard InChI is InChI=1S/C25H24N2O/c1-17-13-22-21(16-24(17)28-4)15-23(26-25(22)27(2)3)20-12-8-11-19(14-20)18-9-6-5-7-10-18/h5-16H,1-4H3. The summed E-state index contributed by atoms with van der Waals surface area (Å²) in [4.78, 5) is 7.06. The Morgan fingerprint density at radius 3 is 2.21 bits per heavy atom. The van der Waals surface area contributed by atoms with Gasteiger partial charge in [0.25, 0.3) is 0 Å². The van der Waals surface area contributed by atoms with E-state index in [4.69, 9.17) is 9.72 Å². The second-order valence-corrected chi connectivity index (χ2v) is 7.22. The molecular formula is C25H24N2O. The van der Waals surface area contributed by atoms with Gasteiger partial charge in [0.15, 0.2) is 0 Å². The summed E-state index contributed by atoms with van der Waals surface area (Å²) < 4.78 is 5.54. The van der Waals surface area contributed by atoms with Crippen molar-refractivity contribution in [2.24, 2.45) is 0 Å². The fourth-order valence-corrected chi connectivity index (χ4v) is 3.57. The number of anilines is 1. The lowest BCUT2D eigenvalue weighted by Gasteiger charge is -2.18. The van der Waals surface area contributed by atoms with Gasteiger partial charge < -0.3 is 9.64 Å². The summed E-state index contributed by atoms with van der Waals surface area (Å²) in [5, 5.41) is 2.26. The fraction of sp³-hybridized carbons (Fsp3) is 0.160. The molecule has 0 atom stereocenters. The average molecular weight is 368 g/mol. The minimum absolute atomic E-state index is 0.896. The molecule has 140 valence electrons. The first-order chi connectivity index (χ1) is 13.6. The first-order valence-corrected chi connectivity index (χ1v) is 9.39. The molecule has 0 unspecified atom stereocenters. The van der Waals surface area contributed by atoms with E-state index >= 15 is 0 Å². The summed E-state index contributed by atoms with van der Waals surface area (Å²) in [5.41, 5.74) is 5.56. The molecule has 1 heterocycles. The van der Waals surface area contributed by atoms with Gasteiger partial charge in [-0.25, -0.2) is 4.98 Å². The molecule has 0 bridgehead atoms. The van der Waals surface area contributed by atoms with Crippen LogP contribution in [0, 0.1) is 6.92 Å². The molecule has 0 radical (unpaired) electrons. The number of methoxy groups -OCH3 is 1. The van der Waals surface area contributed by atoms with Crippen molar-refractivity contribution < 1.29 is 4.74 Å². The summed E-state index contributed by atoms with van der Waals surface area (Å²) in [6, 6.07) is 25.4. The molecule has 0 aliphatic rings. The van der Waals surface area contributed by atoms with Gasteiger partial charge in [0.05, 0.1) is 12.8 Å². The van der Waals surface area contributed by atoms with E-state index < -0.39 is 0 Å². The number of rotatable bonds is 4. The van der Waals surface area contributed by atoms with Crippen molar-refractivity contribution in [3.8, 4) is 28.1 Å². The lowest BCUT2D eigenvalue weighted by atomic mass is 10.00. The Balaban J connectivity index is 1.90. The van der Waals surface area contributed by atoms with E-state index in [1.165, 1.54) is 11.1 Å². The molecule has 28 heavy (non-hydrogen) atoms. The minimum atomic E-state index is 0.896. The van der Waals surface area contributed by atoms with E-state index in [0.29, 0.717) is 0 Å². The maximum Gasteiger partial charge on any atom is 0.136 e. The third kappa shape index (κ3) is 3.31. The van der Waals surface area contributed by atoms with Crippen molar-refractivity contribution in [1.82, 2.24) is 4.98 Å².